The summed E-state index contributed by atoms with van der Waals surface area (Å²) < 4.78 is 15.0. The van der Waals surface area contributed by atoms with Crippen LogP contribution in [0, 0.1) is 73.0 Å². The summed E-state index contributed by atoms with van der Waals surface area (Å²) in [6, 6.07) is 67.4. The SMILES string of the molecule is COc1cc(/C=C2\C(=O)c3ccccc3C2=C(C#N)C#N)sc1-c1cc2c(s1)-c1sc3c4c(sc3c1C2(c1ccc(C)cc1)c1ccc(C)cc1)-c1sc(-c2sc(/C=C3\C(=O)c5ccccc5C3=C(C#N)C#N)cc2OC)cc1C4(c1ccc(C)cc1)c1ccc(C)cc1. The lowest BCUT2D eigenvalue weighted by atomic mass is 9.67. The number of hydrogen-bond acceptors (Lipinski definition) is 14. The highest BCUT2D eigenvalue weighted by atomic mass is 32.1. The molecule has 0 bridgehead atoms. The first-order chi connectivity index (χ1) is 45.8. The molecule has 6 aromatic carbocycles. The van der Waals surface area contributed by atoms with Gasteiger partial charge in [-0.25, -0.2) is 0 Å². The van der Waals surface area contributed by atoms with E-state index in [0.29, 0.717) is 56.0 Å². The number of Topliss-reactive ketones (excluding diaryl/α,β-unsaturated/α-hetero) is 2. The fourth-order valence-corrected chi connectivity index (χ4v) is 22.6. The molecule has 0 atom stereocenters. The van der Waals surface area contributed by atoms with E-state index in [-0.39, 0.29) is 22.7 Å². The second kappa shape index (κ2) is 22.2. The molecule has 12 aromatic rings. The van der Waals surface area contributed by atoms with Crippen LogP contribution in [0.5, 0.6) is 11.5 Å². The molecule has 4 aliphatic rings. The Morgan fingerprint density at radius 2 is 0.713 bits per heavy atom. The molecule has 4 aliphatic carbocycles. The summed E-state index contributed by atoms with van der Waals surface area (Å²) in [5.41, 5.74) is 15.6. The fourth-order valence-electron chi connectivity index (χ4n) is 14.4. The summed E-state index contributed by atoms with van der Waals surface area (Å²) in [5, 5.41) is 40.7. The molecule has 94 heavy (non-hydrogen) atoms. The van der Waals surface area contributed by atoms with Gasteiger partial charge >= 0.3 is 0 Å². The minimum Gasteiger partial charge on any atom is -0.495 e. The van der Waals surface area contributed by atoms with Gasteiger partial charge < -0.3 is 9.47 Å². The van der Waals surface area contributed by atoms with Crippen molar-refractivity contribution in [1.29, 1.82) is 21.0 Å². The van der Waals surface area contributed by atoms with Crippen LogP contribution in [-0.2, 0) is 10.8 Å². The summed E-state index contributed by atoms with van der Waals surface area (Å²) in [5.74, 6) is 0.827. The summed E-state index contributed by atoms with van der Waals surface area (Å²) in [7, 11) is 3.34. The van der Waals surface area contributed by atoms with Crippen molar-refractivity contribution in [2.24, 2.45) is 0 Å². The molecule has 0 spiro atoms. The van der Waals surface area contributed by atoms with Crippen LogP contribution in [0.3, 0.4) is 0 Å². The molecule has 0 saturated heterocycles. The lowest BCUT2D eigenvalue weighted by molar-refractivity contribution is 0.103. The predicted octanol–water partition coefficient (Wildman–Crippen LogP) is 20.7. The first-order valence-electron chi connectivity index (χ1n) is 30.1. The van der Waals surface area contributed by atoms with Crippen LogP contribution in [0.15, 0.2) is 192 Å². The number of fused-ring (bicyclic) bond motifs is 11. The lowest BCUT2D eigenvalue weighted by Gasteiger charge is -2.34. The number of nitriles is 4. The average molecular weight is 1320 g/mol. The number of ketones is 2. The summed E-state index contributed by atoms with van der Waals surface area (Å²) >= 11 is 10.3. The second-order valence-corrected chi connectivity index (χ2v) is 30.2. The quantitative estimate of drug-likeness (QED) is 0.0971. The van der Waals surface area contributed by atoms with Gasteiger partial charge in [-0.15, -0.1) is 68.0 Å². The topological polar surface area (TPSA) is 148 Å². The maximum atomic E-state index is 14.2. The molecule has 0 N–H and O–H groups in total. The van der Waals surface area contributed by atoms with Gasteiger partial charge in [-0.3, -0.25) is 9.59 Å². The third kappa shape index (κ3) is 8.38. The number of ether oxygens (including phenoxy) is 2. The van der Waals surface area contributed by atoms with E-state index in [1.807, 2.05) is 46.9 Å². The molecule has 0 aliphatic heterocycles. The van der Waals surface area contributed by atoms with Gasteiger partial charge in [-0.1, -0.05) is 168 Å². The van der Waals surface area contributed by atoms with Crippen molar-refractivity contribution >= 4 is 112 Å². The summed E-state index contributed by atoms with van der Waals surface area (Å²) in [6.07, 6.45) is 3.61. The van der Waals surface area contributed by atoms with E-state index in [0.717, 1.165) is 73.8 Å². The van der Waals surface area contributed by atoms with Gasteiger partial charge in [0.05, 0.1) is 63.7 Å². The molecule has 0 amide bonds. The van der Waals surface area contributed by atoms with Gasteiger partial charge in [-0.05, 0) is 109 Å². The number of hydrogen-bond donors (Lipinski definition) is 0. The van der Waals surface area contributed by atoms with Gasteiger partial charge in [0, 0.05) is 64.1 Å². The van der Waals surface area contributed by atoms with Crippen molar-refractivity contribution in [2.45, 2.75) is 38.5 Å². The average Bonchev–Trinajstić information content (AvgIpc) is 1.48. The number of carbonyl (C=O) groups is 2. The number of nitrogens with zero attached hydrogens (tertiary/aromatic N) is 4. The maximum absolute atomic E-state index is 14.2. The van der Waals surface area contributed by atoms with Crippen LogP contribution in [0.25, 0.3) is 71.7 Å². The number of benzene rings is 6. The standard InChI is InChI=1S/C80H48N4O4S6/c1-41-15-23-47(24-16-41)79(48-25-17-42(2)18-26-48)59-35-63(73-61(87-5)33-51(89-73)31-57-65(45(37-81)38-82)53-11-7-9-13-55(53)69(57)85)91-71(59)75-67(79)77-78(93-75)68-76(94-77)72-60(80(68,49-27-19-43(3)20-28-49)50-29-21-44(4)22-30-50)36-64(92-72)74-62(88-6)34-52(90-74)32-58-66(46(39-83)40-84)54-12-8-10-14-56(54)70(58)86/h7-36H,1-6H3/b57-31-,58-32-. The lowest BCUT2D eigenvalue weighted by Crippen LogP contribution is -2.28. The molecule has 8 nitrogen and oxygen atoms in total. The van der Waals surface area contributed by atoms with Gasteiger partial charge in [0.15, 0.2) is 11.6 Å². The van der Waals surface area contributed by atoms with Crippen LogP contribution in [-0.4, -0.2) is 25.8 Å². The largest absolute Gasteiger partial charge is 0.495 e. The molecular formula is C80H48N4O4S6. The van der Waals surface area contributed by atoms with E-state index < -0.39 is 10.8 Å². The van der Waals surface area contributed by atoms with Crippen LogP contribution in [0.1, 0.15) is 108 Å². The van der Waals surface area contributed by atoms with Crippen molar-refractivity contribution in [3.05, 3.63) is 291 Å². The van der Waals surface area contributed by atoms with Crippen molar-refractivity contribution in [3.63, 3.8) is 0 Å². The molecule has 0 fully saturated rings. The number of thiophene rings is 6. The summed E-state index contributed by atoms with van der Waals surface area (Å²) in [6.45, 7) is 8.53. The molecule has 0 saturated carbocycles. The van der Waals surface area contributed by atoms with Crippen molar-refractivity contribution in [1.82, 2.24) is 0 Å². The van der Waals surface area contributed by atoms with E-state index in [4.69, 9.17) is 9.47 Å². The number of carbonyl (C=O) groups excluding carboxylic acids is 2. The Kier molecular flexibility index (Phi) is 13.8. The third-order valence-electron chi connectivity index (χ3n) is 18.6. The Labute approximate surface area is 566 Å². The second-order valence-electron chi connectivity index (χ2n) is 23.8. The Hall–Kier alpha value is -10.4. The first-order valence-corrected chi connectivity index (χ1v) is 35.0. The van der Waals surface area contributed by atoms with Crippen molar-refractivity contribution in [2.75, 3.05) is 14.2 Å². The fraction of sp³-hybridized carbons (Fsp3) is 0.100. The Balaban J connectivity index is 0.937. The molecule has 6 aromatic heterocycles. The highest BCUT2D eigenvalue weighted by Crippen LogP contribution is 2.71. The third-order valence-corrected chi connectivity index (χ3v) is 26.3. The van der Waals surface area contributed by atoms with Crippen LogP contribution in [0.2, 0.25) is 0 Å². The number of methoxy groups -OCH3 is 2. The van der Waals surface area contributed by atoms with Gasteiger partial charge in [0.1, 0.15) is 46.9 Å². The highest BCUT2D eigenvalue weighted by Gasteiger charge is 2.55. The Bertz CT molecular complexity index is 5170. The monoisotopic (exact) mass is 1320 g/mol. The van der Waals surface area contributed by atoms with E-state index in [1.165, 1.54) is 73.8 Å². The van der Waals surface area contributed by atoms with Crippen molar-refractivity contribution in [3.8, 4) is 74.8 Å². The Morgan fingerprint density at radius 1 is 0.394 bits per heavy atom. The zero-order valence-electron chi connectivity index (χ0n) is 51.2. The zero-order chi connectivity index (χ0) is 64.6. The normalized spacial score (nSPS) is 15.1. The smallest absolute Gasteiger partial charge is 0.194 e. The molecule has 448 valence electrons. The van der Waals surface area contributed by atoms with Crippen LogP contribution in [0.4, 0.5) is 0 Å². The van der Waals surface area contributed by atoms with E-state index in [2.05, 4.69) is 161 Å². The van der Waals surface area contributed by atoms with E-state index >= 15 is 0 Å². The van der Waals surface area contributed by atoms with Gasteiger partial charge in [0.2, 0.25) is 0 Å². The minimum atomic E-state index is -0.798. The predicted molar refractivity (Wildman–Crippen MR) is 383 cm³/mol. The number of aryl methyl sites for hydroxylation is 4. The zero-order valence-corrected chi connectivity index (χ0v) is 56.1. The molecular weight excluding hydrogens is 1270 g/mol. The number of allylic oxidation sites excluding steroid dienone is 6. The van der Waals surface area contributed by atoms with Gasteiger partial charge in [0.25, 0.3) is 0 Å². The van der Waals surface area contributed by atoms with Gasteiger partial charge in [-0.2, -0.15) is 21.0 Å². The molecule has 14 heteroatoms. The Morgan fingerprint density at radius 3 is 1.02 bits per heavy atom. The van der Waals surface area contributed by atoms with E-state index in [9.17, 15) is 30.6 Å². The summed E-state index contributed by atoms with van der Waals surface area (Å²) in [4.78, 5) is 38.5. The van der Waals surface area contributed by atoms with E-state index in [1.54, 1.807) is 85.4 Å². The molecule has 6 heterocycles. The molecule has 0 radical (unpaired) electrons. The maximum Gasteiger partial charge on any atom is 0.194 e. The van der Waals surface area contributed by atoms with Crippen LogP contribution >= 0.6 is 68.0 Å². The highest BCUT2D eigenvalue weighted by molar-refractivity contribution is 7.35. The first kappa shape index (κ1) is 58.7. The van der Waals surface area contributed by atoms with Crippen LogP contribution < -0.4 is 9.47 Å². The molecule has 0 unspecified atom stereocenters. The molecule has 16 rings (SSSR count). The van der Waals surface area contributed by atoms with Crippen molar-refractivity contribution < 1.29 is 19.1 Å². The minimum absolute atomic E-state index is 0.114. The number of rotatable bonds is 10.